The number of hydrazone groups is 4. The van der Waals surface area contributed by atoms with Crippen LogP contribution < -0.4 is 28.7 Å². The predicted octanol–water partition coefficient (Wildman–Crippen LogP) is 11.6. The van der Waals surface area contributed by atoms with Crippen LogP contribution in [0.4, 0.5) is 0 Å². The lowest BCUT2D eigenvalue weighted by molar-refractivity contribution is 0.504. The molecule has 0 N–H and O–H groups in total. The van der Waals surface area contributed by atoms with Gasteiger partial charge < -0.3 is 18.1 Å². The standard InChI is InChI=1S/C44H42Cl2N8O4P4S4/c1-51-47-31-35-15-23-39(24-16-35)55-61(45,65)57-41-27-19-37(20-28-41)33-49-53(3)60(64,44-13-9-6-10-14-44)54(4)50-34-38-21-29-42(30-22-38)58-62(46,66)56-40-25-17-36(18-26-40)32-48-52(2)59(51,63)43-11-7-5-8-12-43/h5-34H,1-4H3/b47-31-,48-32?,49-33+,50-34+. The summed E-state index contributed by atoms with van der Waals surface area (Å²) in [6.45, 7) is 0. The zero-order valence-electron chi connectivity index (χ0n) is 35.7. The smallest absolute Gasteiger partial charge is 0.384 e. The predicted molar refractivity (Wildman–Crippen MR) is 291 cm³/mol. The highest BCUT2D eigenvalue weighted by molar-refractivity contribution is 8.23. The van der Waals surface area contributed by atoms with E-state index in [9.17, 15) is 0 Å². The lowest BCUT2D eigenvalue weighted by atomic mass is 10.2. The quantitative estimate of drug-likeness (QED) is 0.154. The second-order valence-corrected chi connectivity index (χ2v) is 32.0. The van der Waals surface area contributed by atoms with Gasteiger partial charge in [0.2, 0.25) is 0 Å². The minimum atomic E-state index is -3.29. The maximum atomic E-state index is 6.68. The van der Waals surface area contributed by atoms with E-state index in [1.54, 1.807) is 92.5 Å². The highest BCUT2D eigenvalue weighted by atomic mass is 35.7. The first-order chi connectivity index (χ1) is 31.5. The lowest BCUT2D eigenvalue weighted by Gasteiger charge is -2.35. The molecule has 0 amide bonds. The first kappa shape index (κ1) is 49.5. The third-order valence-electron chi connectivity index (χ3n) is 9.63. The number of hydrogen-bond donors (Lipinski definition) is 0. The van der Waals surface area contributed by atoms with E-state index in [1.165, 1.54) is 0 Å². The van der Waals surface area contributed by atoms with E-state index in [0.717, 1.165) is 32.9 Å². The van der Waals surface area contributed by atoms with Gasteiger partial charge in [0.25, 0.3) is 0 Å². The van der Waals surface area contributed by atoms with Crippen molar-refractivity contribution in [2.45, 2.75) is 0 Å². The Labute approximate surface area is 415 Å². The fourth-order valence-electron chi connectivity index (χ4n) is 6.17. The third kappa shape index (κ3) is 12.6. The van der Waals surface area contributed by atoms with Crippen LogP contribution in [-0.2, 0) is 47.2 Å². The average molecular weight is 1070 g/mol. The minimum Gasteiger partial charge on any atom is -0.425 e. The molecule has 0 saturated carbocycles. The molecule has 13 rings (SSSR count). The highest BCUT2D eigenvalue weighted by Gasteiger charge is 2.31. The van der Waals surface area contributed by atoms with Gasteiger partial charge in [-0.3, -0.25) is 0 Å². The lowest BCUT2D eigenvalue weighted by Crippen LogP contribution is -2.27. The van der Waals surface area contributed by atoms with E-state index >= 15 is 0 Å². The Kier molecular flexibility index (Phi) is 16.3. The van der Waals surface area contributed by atoms with Crippen LogP contribution in [0.3, 0.4) is 0 Å². The molecule has 7 aliphatic rings. The van der Waals surface area contributed by atoms with Crippen LogP contribution in [-0.4, -0.2) is 72.2 Å². The molecule has 0 aliphatic carbocycles. The zero-order valence-corrected chi connectivity index (χ0v) is 44.1. The van der Waals surface area contributed by atoms with E-state index in [2.05, 4.69) is 0 Å². The Hall–Kier alpha value is -4.42. The van der Waals surface area contributed by atoms with Crippen molar-refractivity contribution in [2.24, 2.45) is 20.4 Å². The number of rotatable bonds is 2. The Morgan fingerprint density at radius 2 is 0.561 bits per heavy atom. The molecule has 0 saturated heterocycles. The summed E-state index contributed by atoms with van der Waals surface area (Å²) in [5.41, 5.74) is 3.15. The maximum absolute atomic E-state index is 6.68. The number of halogens is 2. The van der Waals surface area contributed by atoms with E-state index < -0.39 is 24.4 Å². The number of benzene rings is 6. The fraction of sp³-hybridized carbons (Fsp3) is 0.0909. The van der Waals surface area contributed by atoms with Crippen LogP contribution >= 0.6 is 46.8 Å². The van der Waals surface area contributed by atoms with Gasteiger partial charge in [-0.15, -0.1) is 0 Å². The average Bonchev–Trinajstić information content (AvgIpc) is 3.32. The van der Waals surface area contributed by atoms with Crippen molar-refractivity contribution in [1.82, 2.24) is 19.1 Å². The third-order valence-corrected chi connectivity index (χ3v) is 22.7. The van der Waals surface area contributed by atoms with Crippen LogP contribution in [0.2, 0.25) is 0 Å². The van der Waals surface area contributed by atoms with Gasteiger partial charge in [0.05, 0.1) is 24.9 Å². The van der Waals surface area contributed by atoms with Gasteiger partial charge in [-0.2, -0.15) is 20.4 Å². The SMILES string of the molecule is CN1N=Cc2ccc(cc2)OP(=S)(Cl)Oc2ccc(cc2)/C=N/N(C)P(=S)(c2ccccc2)N(C)/N=C/c2ccc(cc2)OP(=S)(Cl)Oc2ccc(cc2)/C=N\N(C)P1(=S)c1ccccc1. The summed E-state index contributed by atoms with van der Waals surface area (Å²) in [6.07, 6.45) is 1.36. The summed E-state index contributed by atoms with van der Waals surface area (Å²) in [7, 11) is 7.37. The van der Waals surface area contributed by atoms with Crippen molar-refractivity contribution in [3.05, 3.63) is 180 Å². The van der Waals surface area contributed by atoms with Gasteiger partial charge in [0, 0.05) is 62.4 Å². The molecule has 4 atom stereocenters. The van der Waals surface area contributed by atoms with Crippen molar-refractivity contribution in [2.75, 3.05) is 28.2 Å². The molecule has 0 aromatic heterocycles. The second kappa shape index (κ2) is 21.7. The van der Waals surface area contributed by atoms with Crippen molar-refractivity contribution >= 4 is 130 Å². The van der Waals surface area contributed by atoms with E-state index in [0.29, 0.717) is 23.0 Å². The summed E-state index contributed by atoms with van der Waals surface area (Å²) < 4.78 is 31.0. The molecule has 4 unspecified atom stereocenters. The largest absolute Gasteiger partial charge is 0.425 e. The summed E-state index contributed by atoms with van der Waals surface area (Å²) in [5.74, 6) is -4.80. The normalized spacial score (nSPS) is 24.5. The molecule has 22 heteroatoms. The molecule has 0 fully saturated rings. The summed E-state index contributed by atoms with van der Waals surface area (Å²) in [6, 6.07) is 48.4. The fourth-order valence-corrected chi connectivity index (χ4v) is 14.9. The Morgan fingerprint density at radius 3 is 0.773 bits per heavy atom. The van der Waals surface area contributed by atoms with Crippen molar-refractivity contribution < 1.29 is 18.1 Å². The second-order valence-electron chi connectivity index (χ2n) is 14.2. The van der Waals surface area contributed by atoms with E-state index in [-0.39, 0.29) is 0 Å². The summed E-state index contributed by atoms with van der Waals surface area (Å²) >= 11 is 37.4. The molecule has 12 nitrogen and oxygen atoms in total. The van der Waals surface area contributed by atoms with Crippen LogP contribution in [0.1, 0.15) is 22.3 Å². The van der Waals surface area contributed by atoms with Crippen LogP contribution in [0.15, 0.2) is 178 Å². The van der Waals surface area contributed by atoms with Gasteiger partial charge in [-0.1, -0.05) is 60.7 Å². The van der Waals surface area contributed by atoms with E-state index in [4.69, 9.17) is 108 Å². The van der Waals surface area contributed by atoms with E-state index in [1.807, 2.05) is 137 Å². The minimum absolute atomic E-state index is 0.444. The van der Waals surface area contributed by atoms with Crippen LogP contribution in [0, 0.1) is 0 Å². The number of nitrogens with zero attached hydrogens (tertiary/aromatic N) is 8. The van der Waals surface area contributed by atoms with Gasteiger partial charge >= 0.3 is 11.7 Å². The first-order valence-corrected chi connectivity index (χ1v) is 32.2. The molecule has 340 valence electrons. The van der Waals surface area contributed by atoms with Crippen molar-refractivity contribution in [3.63, 3.8) is 0 Å². The molecular formula is C44H42Cl2N8O4P4S4. The van der Waals surface area contributed by atoms with Crippen molar-refractivity contribution in [3.8, 4) is 23.0 Å². The molecule has 6 aromatic rings. The molecule has 66 heavy (non-hydrogen) atoms. The topological polar surface area (TPSA) is 99.3 Å². The van der Waals surface area contributed by atoms with Gasteiger partial charge in [-0.05, 0) is 165 Å². The maximum Gasteiger partial charge on any atom is 0.384 e. The Morgan fingerprint density at radius 1 is 0.348 bits per heavy atom. The van der Waals surface area contributed by atoms with Gasteiger partial charge in [0.15, 0.2) is 12.7 Å². The molecular weight excluding hydrogens is 1030 g/mol. The van der Waals surface area contributed by atoms with Gasteiger partial charge in [0.1, 0.15) is 23.0 Å². The van der Waals surface area contributed by atoms with Crippen molar-refractivity contribution in [1.29, 1.82) is 0 Å². The van der Waals surface area contributed by atoms with Gasteiger partial charge in [-0.25, -0.2) is 19.1 Å². The molecule has 0 spiro atoms. The van der Waals surface area contributed by atoms with Crippen LogP contribution in [0.25, 0.3) is 0 Å². The highest BCUT2D eigenvalue weighted by Crippen LogP contribution is 2.55. The Balaban J connectivity index is 1.18. The molecule has 6 aromatic carbocycles. The Bertz CT molecular complexity index is 2600. The monoisotopic (exact) mass is 1070 g/mol. The first-order valence-electron chi connectivity index (χ1n) is 19.7. The molecule has 7 heterocycles. The zero-order chi connectivity index (χ0) is 47.0. The van der Waals surface area contributed by atoms with Crippen LogP contribution in [0.5, 0.6) is 23.0 Å². The number of hydrogen-bond acceptors (Lipinski definition) is 12. The summed E-state index contributed by atoms with van der Waals surface area (Å²) in [5, 5.41) is 20.9. The summed E-state index contributed by atoms with van der Waals surface area (Å²) in [4.78, 5) is 0. The molecule has 8 bridgehead atoms. The molecule has 0 radical (unpaired) electrons. The molecule has 7 aliphatic heterocycles.